The Hall–Kier alpha value is -1.40. The second-order valence-corrected chi connectivity index (χ2v) is 5.33. The smallest absolute Gasteiger partial charge is 0.230 e. The minimum Gasteiger partial charge on any atom is -0.395 e. The van der Waals surface area contributed by atoms with Crippen molar-refractivity contribution < 1.29 is 19.8 Å². The molecular formula is C16H30N2O4. The van der Waals surface area contributed by atoms with Crippen molar-refractivity contribution in [2.24, 2.45) is 11.7 Å². The van der Waals surface area contributed by atoms with Crippen LogP contribution in [0.2, 0.25) is 0 Å². The summed E-state index contributed by atoms with van der Waals surface area (Å²) < 4.78 is 0. The predicted molar refractivity (Wildman–Crippen MR) is 86.0 cm³/mol. The number of rotatable bonds is 13. The summed E-state index contributed by atoms with van der Waals surface area (Å²) >= 11 is 0. The standard InChI is InChI=1S/C16H30N2O4/c1-2-3-4-5-6-7-8-14(13-15(17)21)16(22)18(9-11-19)10-12-20/h7-8,14,19-20H,2-6,9-13H2,1H3,(H2,17,21). The number of allylic oxidation sites excluding steroid dienone is 1. The maximum Gasteiger partial charge on any atom is 0.230 e. The molecule has 0 saturated heterocycles. The highest BCUT2D eigenvalue weighted by atomic mass is 16.3. The normalized spacial score (nSPS) is 12.5. The van der Waals surface area contributed by atoms with Crippen LogP contribution < -0.4 is 5.73 Å². The minimum absolute atomic E-state index is 0.0579. The summed E-state index contributed by atoms with van der Waals surface area (Å²) in [5.74, 6) is -1.45. The first-order chi connectivity index (χ1) is 10.6. The van der Waals surface area contributed by atoms with Gasteiger partial charge in [-0.2, -0.15) is 0 Å². The van der Waals surface area contributed by atoms with E-state index < -0.39 is 11.8 Å². The zero-order chi connectivity index (χ0) is 16.8. The van der Waals surface area contributed by atoms with Crippen LogP contribution in [0.25, 0.3) is 0 Å². The van der Waals surface area contributed by atoms with Gasteiger partial charge in [-0.3, -0.25) is 9.59 Å². The lowest BCUT2D eigenvalue weighted by molar-refractivity contribution is -0.137. The number of nitrogens with zero attached hydrogens (tertiary/aromatic N) is 1. The summed E-state index contributed by atoms with van der Waals surface area (Å²) in [5.41, 5.74) is 5.21. The Morgan fingerprint density at radius 1 is 1.14 bits per heavy atom. The van der Waals surface area contributed by atoms with Crippen molar-refractivity contribution in [3.63, 3.8) is 0 Å². The summed E-state index contributed by atoms with van der Waals surface area (Å²) in [6.45, 7) is 2.05. The van der Waals surface area contributed by atoms with Crippen LogP contribution in [0.3, 0.4) is 0 Å². The number of primary amides is 1. The Bertz CT molecular complexity index is 339. The Morgan fingerprint density at radius 2 is 1.77 bits per heavy atom. The van der Waals surface area contributed by atoms with Gasteiger partial charge in [0.05, 0.1) is 19.1 Å². The molecule has 6 heteroatoms. The van der Waals surface area contributed by atoms with E-state index in [9.17, 15) is 9.59 Å². The number of amides is 2. The first kappa shape index (κ1) is 20.6. The lowest BCUT2D eigenvalue weighted by atomic mass is 10.0. The van der Waals surface area contributed by atoms with E-state index >= 15 is 0 Å². The Morgan fingerprint density at radius 3 is 2.27 bits per heavy atom. The largest absolute Gasteiger partial charge is 0.395 e. The molecule has 1 unspecified atom stereocenters. The number of hydrogen-bond donors (Lipinski definition) is 3. The van der Waals surface area contributed by atoms with E-state index in [1.54, 1.807) is 6.08 Å². The maximum atomic E-state index is 12.4. The molecule has 0 aromatic heterocycles. The quantitative estimate of drug-likeness (QED) is 0.346. The molecule has 22 heavy (non-hydrogen) atoms. The molecular weight excluding hydrogens is 284 g/mol. The molecule has 0 saturated carbocycles. The number of carbonyl (C=O) groups excluding carboxylic acids is 2. The molecule has 0 spiro atoms. The molecule has 0 aliphatic rings. The monoisotopic (exact) mass is 314 g/mol. The average molecular weight is 314 g/mol. The van der Waals surface area contributed by atoms with Crippen LogP contribution in [0.15, 0.2) is 12.2 Å². The molecule has 6 nitrogen and oxygen atoms in total. The molecule has 0 heterocycles. The fraction of sp³-hybridized carbons (Fsp3) is 0.750. The van der Waals surface area contributed by atoms with Crippen molar-refractivity contribution in [3.05, 3.63) is 12.2 Å². The number of nitrogens with two attached hydrogens (primary N) is 1. The van der Waals surface area contributed by atoms with Gasteiger partial charge in [-0.25, -0.2) is 0 Å². The van der Waals surface area contributed by atoms with E-state index in [4.69, 9.17) is 15.9 Å². The van der Waals surface area contributed by atoms with Crippen molar-refractivity contribution in [3.8, 4) is 0 Å². The Balaban J connectivity index is 4.61. The number of unbranched alkanes of at least 4 members (excludes halogenated alkanes) is 4. The highest BCUT2D eigenvalue weighted by Gasteiger charge is 2.23. The van der Waals surface area contributed by atoms with Crippen LogP contribution in [-0.4, -0.2) is 53.2 Å². The highest BCUT2D eigenvalue weighted by molar-refractivity contribution is 5.86. The lowest BCUT2D eigenvalue weighted by Gasteiger charge is -2.24. The first-order valence-electron chi connectivity index (χ1n) is 8.02. The molecule has 0 aromatic carbocycles. The molecule has 0 aliphatic heterocycles. The average Bonchev–Trinajstić information content (AvgIpc) is 2.48. The Labute approximate surface area is 133 Å². The maximum absolute atomic E-state index is 12.4. The molecule has 1 atom stereocenters. The van der Waals surface area contributed by atoms with E-state index in [-0.39, 0.29) is 38.6 Å². The van der Waals surface area contributed by atoms with Gasteiger partial charge in [0.15, 0.2) is 0 Å². The third-order valence-electron chi connectivity index (χ3n) is 3.38. The Kier molecular flexibility index (Phi) is 12.4. The molecule has 0 aromatic rings. The van der Waals surface area contributed by atoms with Gasteiger partial charge in [-0.1, -0.05) is 38.3 Å². The number of hydrogen-bond acceptors (Lipinski definition) is 4. The molecule has 2 amide bonds. The summed E-state index contributed by atoms with van der Waals surface area (Å²) in [5, 5.41) is 18.0. The van der Waals surface area contributed by atoms with Gasteiger partial charge >= 0.3 is 0 Å². The van der Waals surface area contributed by atoms with Crippen LogP contribution in [-0.2, 0) is 9.59 Å². The topological polar surface area (TPSA) is 104 Å². The van der Waals surface area contributed by atoms with Gasteiger partial charge in [0, 0.05) is 19.5 Å². The van der Waals surface area contributed by atoms with Gasteiger partial charge in [0.25, 0.3) is 0 Å². The van der Waals surface area contributed by atoms with Crippen LogP contribution >= 0.6 is 0 Å². The molecule has 0 rings (SSSR count). The van der Waals surface area contributed by atoms with E-state index in [2.05, 4.69) is 6.92 Å². The molecule has 0 radical (unpaired) electrons. The molecule has 128 valence electrons. The van der Waals surface area contributed by atoms with Crippen molar-refractivity contribution in [2.75, 3.05) is 26.3 Å². The number of aliphatic hydroxyl groups excluding tert-OH is 2. The summed E-state index contributed by atoms with van der Waals surface area (Å²) in [6.07, 6.45) is 9.01. The fourth-order valence-electron chi connectivity index (χ4n) is 2.21. The third-order valence-corrected chi connectivity index (χ3v) is 3.38. The predicted octanol–water partition coefficient (Wildman–Crippen LogP) is 0.818. The lowest BCUT2D eigenvalue weighted by Crippen LogP contribution is -2.40. The molecule has 0 bridgehead atoms. The van der Waals surface area contributed by atoms with Gasteiger partial charge in [0.2, 0.25) is 11.8 Å². The van der Waals surface area contributed by atoms with Crippen molar-refractivity contribution in [1.82, 2.24) is 4.90 Å². The van der Waals surface area contributed by atoms with Crippen LogP contribution in [0.4, 0.5) is 0 Å². The van der Waals surface area contributed by atoms with E-state index in [0.717, 1.165) is 19.3 Å². The fourth-order valence-corrected chi connectivity index (χ4v) is 2.21. The number of aliphatic hydroxyl groups is 2. The molecule has 0 aliphatic carbocycles. The van der Waals surface area contributed by atoms with Crippen molar-refractivity contribution in [2.45, 2.75) is 45.4 Å². The molecule has 0 fully saturated rings. The van der Waals surface area contributed by atoms with E-state index in [1.165, 1.54) is 17.7 Å². The van der Waals surface area contributed by atoms with Gasteiger partial charge in [0.1, 0.15) is 0 Å². The summed E-state index contributed by atoms with van der Waals surface area (Å²) in [6, 6.07) is 0. The van der Waals surface area contributed by atoms with Crippen LogP contribution in [0.5, 0.6) is 0 Å². The van der Waals surface area contributed by atoms with E-state index in [1.807, 2.05) is 6.08 Å². The van der Waals surface area contributed by atoms with Gasteiger partial charge in [-0.05, 0) is 12.8 Å². The zero-order valence-corrected chi connectivity index (χ0v) is 13.5. The first-order valence-corrected chi connectivity index (χ1v) is 8.02. The highest BCUT2D eigenvalue weighted by Crippen LogP contribution is 2.12. The third kappa shape index (κ3) is 9.52. The van der Waals surface area contributed by atoms with Crippen molar-refractivity contribution >= 4 is 11.8 Å². The second kappa shape index (κ2) is 13.3. The number of carbonyl (C=O) groups is 2. The molecule has 4 N–H and O–H groups in total. The second-order valence-electron chi connectivity index (χ2n) is 5.33. The van der Waals surface area contributed by atoms with Gasteiger partial charge < -0.3 is 20.8 Å². The zero-order valence-electron chi connectivity index (χ0n) is 13.5. The SMILES string of the molecule is CCCCCCC=CC(CC(N)=O)C(=O)N(CCO)CCO. The van der Waals surface area contributed by atoms with Crippen molar-refractivity contribution in [1.29, 1.82) is 0 Å². The van der Waals surface area contributed by atoms with E-state index in [0.29, 0.717) is 0 Å². The summed E-state index contributed by atoms with van der Waals surface area (Å²) in [4.78, 5) is 24.9. The summed E-state index contributed by atoms with van der Waals surface area (Å²) in [7, 11) is 0. The van der Waals surface area contributed by atoms with Crippen LogP contribution in [0, 0.1) is 5.92 Å². The van der Waals surface area contributed by atoms with Gasteiger partial charge in [-0.15, -0.1) is 0 Å². The minimum atomic E-state index is -0.623. The van der Waals surface area contributed by atoms with Crippen LogP contribution in [0.1, 0.15) is 45.4 Å².